The van der Waals surface area contributed by atoms with Crippen molar-refractivity contribution in [1.82, 2.24) is 0 Å². The first-order valence-electron chi connectivity index (χ1n) is 20.8. The third-order valence-corrected chi connectivity index (χ3v) is 9.42. The van der Waals surface area contributed by atoms with Crippen LogP contribution < -0.4 is 0 Å². The number of carbonyl (C=O) groups excluding carboxylic acids is 1. The topological polar surface area (TPSA) is 132 Å². The van der Waals surface area contributed by atoms with Crippen LogP contribution in [0.3, 0.4) is 0 Å². The van der Waals surface area contributed by atoms with Crippen LogP contribution in [0.15, 0.2) is 60.8 Å². The molecule has 0 heterocycles. The molecule has 0 bridgehead atoms. The van der Waals surface area contributed by atoms with Crippen molar-refractivity contribution in [1.29, 1.82) is 0 Å². The van der Waals surface area contributed by atoms with Crippen LogP contribution in [0.5, 0.6) is 0 Å². The van der Waals surface area contributed by atoms with Crippen LogP contribution in [0.4, 0.5) is 0 Å². The van der Waals surface area contributed by atoms with E-state index in [1.54, 1.807) is 0 Å². The molecule has 0 aliphatic heterocycles. The highest BCUT2D eigenvalue weighted by molar-refractivity contribution is 7.47. The van der Waals surface area contributed by atoms with Gasteiger partial charge in [0, 0.05) is 13.0 Å². The van der Waals surface area contributed by atoms with Crippen LogP contribution in [-0.4, -0.2) is 66.3 Å². The number of ether oxygens (including phenoxy) is 2. The number of hydrogen-bond acceptors (Lipinski definition) is 8. The lowest BCUT2D eigenvalue weighted by molar-refractivity contribution is -0.154. The molecule has 53 heavy (non-hydrogen) atoms. The van der Waals surface area contributed by atoms with E-state index in [2.05, 4.69) is 74.6 Å². The van der Waals surface area contributed by atoms with Gasteiger partial charge in [0.2, 0.25) is 0 Å². The van der Waals surface area contributed by atoms with E-state index in [9.17, 15) is 19.4 Å². The zero-order valence-corrected chi connectivity index (χ0v) is 34.4. The molecule has 3 atom stereocenters. The maximum absolute atomic E-state index is 12.5. The van der Waals surface area contributed by atoms with E-state index in [0.717, 1.165) is 77.0 Å². The largest absolute Gasteiger partial charge is 0.472 e. The molecule has 0 saturated heterocycles. The molecule has 0 spiro atoms. The Balaban J connectivity index is 4.16. The lowest BCUT2D eigenvalue weighted by Gasteiger charge is -2.20. The number of phosphoric acid groups is 1. The second kappa shape index (κ2) is 39.8. The van der Waals surface area contributed by atoms with Crippen molar-refractivity contribution in [2.45, 2.75) is 174 Å². The summed E-state index contributed by atoms with van der Waals surface area (Å²) >= 11 is 0. The summed E-state index contributed by atoms with van der Waals surface area (Å²) in [5.41, 5.74) is 0. The molecule has 3 N–H and O–H groups in total. The molecular weight excluding hydrogens is 691 g/mol. The lowest BCUT2D eigenvalue weighted by atomic mass is 10.1. The average Bonchev–Trinajstić information content (AvgIpc) is 3.15. The van der Waals surface area contributed by atoms with E-state index in [1.807, 2.05) is 0 Å². The molecule has 0 amide bonds. The predicted molar refractivity (Wildman–Crippen MR) is 219 cm³/mol. The first-order chi connectivity index (χ1) is 25.8. The van der Waals surface area contributed by atoms with E-state index in [4.69, 9.17) is 23.6 Å². The molecular formula is C43H77O9P. The summed E-state index contributed by atoms with van der Waals surface area (Å²) in [6.07, 6.45) is 44.7. The minimum Gasteiger partial charge on any atom is -0.457 e. The van der Waals surface area contributed by atoms with E-state index in [1.165, 1.54) is 64.2 Å². The minimum atomic E-state index is -4.52. The first kappa shape index (κ1) is 51.2. The molecule has 0 radical (unpaired) electrons. The Hall–Kier alpha value is -1.84. The number of carbonyl (C=O) groups is 1. The predicted octanol–water partition coefficient (Wildman–Crippen LogP) is 11.2. The Morgan fingerprint density at radius 2 is 1.08 bits per heavy atom. The molecule has 0 fully saturated rings. The fraction of sp³-hybridized carbons (Fsp3) is 0.744. The number of rotatable bonds is 39. The van der Waals surface area contributed by atoms with Crippen molar-refractivity contribution in [3.8, 4) is 0 Å². The molecule has 0 aromatic heterocycles. The fourth-order valence-corrected chi connectivity index (χ4v) is 6.11. The molecule has 0 saturated carbocycles. The monoisotopic (exact) mass is 769 g/mol. The summed E-state index contributed by atoms with van der Waals surface area (Å²) < 4.78 is 33.3. The van der Waals surface area contributed by atoms with Crippen LogP contribution in [0.2, 0.25) is 0 Å². The van der Waals surface area contributed by atoms with Gasteiger partial charge in [-0.15, -0.1) is 0 Å². The van der Waals surface area contributed by atoms with Gasteiger partial charge in [0.1, 0.15) is 12.2 Å². The Labute approximate surface area is 323 Å². The number of aliphatic hydroxyl groups excluding tert-OH is 2. The highest BCUT2D eigenvalue weighted by Crippen LogP contribution is 2.43. The molecule has 9 nitrogen and oxygen atoms in total. The van der Waals surface area contributed by atoms with Crippen LogP contribution in [0.25, 0.3) is 0 Å². The second-order valence-electron chi connectivity index (χ2n) is 13.6. The van der Waals surface area contributed by atoms with Crippen LogP contribution in [0.1, 0.15) is 162 Å². The van der Waals surface area contributed by atoms with Crippen molar-refractivity contribution in [3.63, 3.8) is 0 Å². The van der Waals surface area contributed by atoms with Gasteiger partial charge >= 0.3 is 13.8 Å². The zero-order valence-electron chi connectivity index (χ0n) is 33.5. The Morgan fingerprint density at radius 1 is 0.604 bits per heavy atom. The van der Waals surface area contributed by atoms with Crippen LogP contribution >= 0.6 is 7.82 Å². The van der Waals surface area contributed by atoms with Crippen LogP contribution in [0, 0.1) is 0 Å². The summed E-state index contributed by atoms with van der Waals surface area (Å²) in [5, 5.41) is 18.3. The summed E-state index contributed by atoms with van der Waals surface area (Å²) in [6, 6.07) is 0. The average molecular weight is 769 g/mol. The highest BCUT2D eigenvalue weighted by Gasteiger charge is 2.26. The fourth-order valence-electron chi connectivity index (χ4n) is 5.32. The Kier molecular flexibility index (Phi) is 38.5. The van der Waals surface area contributed by atoms with Gasteiger partial charge in [-0.05, 0) is 57.8 Å². The number of allylic oxidation sites excluding steroid dienone is 10. The van der Waals surface area contributed by atoms with Gasteiger partial charge in [-0.2, -0.15) is 0 Å². The van der Waals surface area contributed by atoms with Gasteiger partial charge in [-0.3, -0.25) is 13.8 Å². The maximum Gasteiger partial charge on any atom is 0.472 e. The first-order valence-corrected chi connectivity index (χ1v) is 22.3. The third-order valence-electron chi connectivity index (χ3n) is 8.47. The van der Waals surface area contributed by atoms with Gasteiger partial charge in [-0.25, -0.2) is 4.57 Å². The Bertz CT molecular complexity index is 1010. The summed E-state index contributed by atoms with van der Waals surface area (Å²) in [4.78, 5) is 22.5. The molecule has 0 aromatic rings. The molecule has 3 unspecified atom stereocenters. The summed E-state index contributed by atoms with van der Waals surface area (Å²) in [5.74, 6) is -0.393. The van der Waals surface area contributed by atoms with E-state index < -0.39 is 39.2 Å². The quantitative estimate of drug-likeness (QED) is 0.0242. The van der Waals surface area contributed by atoms with Crippen molar-refractivity contribution < 1.29 is 43.0 Å². The number of phosphoric ester groups is 1. The van der Waals surface area contributed by atoms with E-state index in [0.29, 0.717) is 6.61 Å². The summed E-state index contributed by atoms with van der Waals surface area (Å²) in [6.45, 7) is 3.34. The SMILES string of the molecule is CC/C=C\C/C=C\C/C=C\C/C=C\C/C=C\CCCCCCCCOCC(COP(=O)(O)OCC(O)CO)OC(=O)CCCCCCCCCCCC. The smallest absolute Gasteiger partial charge is 0.457 e. The van der Waals surface area contributed by atoms with Gasteiger partial charge < -0.3 is 24.6 Å². The third kappa shape index (κ3) is 39.7. The number of unbranched alkanes of at least 4 members (excludes halogenated alkanes) is 15. The maximum atomic E-state index is 12.5. The van der Waals surface area contributed by atoms with Gasteiger partial charge in [0.05, 0.1) is 26.4 Å². The molecule has 0 aliphatic carbocycles. The summed E-state index contributed by atoms with van der Waals surface area (Å²) in [7, 11) is -4.52. The Morgan fingerprint density at radius 3 is 1.62 bits per heavy atom. The molecule has 0 aliphatic rings. The molecule has 10 heteroatoms. The van der Waals surface area contributed by atoms with Crippen molar-refractivity contribution in [2.75, 3.05) is 33.0 Å². The highest BCUT2D eigenvalue weighted by atomic mass is 31.2. The normalized spacial score (nSPS) is 14.7. The standard InChI is InChI=1S/C43H77O9P/c1-3-5-7-9-11-13-15-16-17-18-19-20-21-22-23-24-25-26-28-30-32-34-36-49-39-42(40-51-53(47,48)50-38-41(45)37-44)52-43(46)35-33-31-29-27-14-12-10-8-6-4-2/h5,7,11,13,16-17,19-20,22-23,41-42,44-45H,3-4,6,8-10,12,14-15,18,21,24-40H2,1-2H3,(H,47,48)/b7-5-,13-11-,17-16-,20-19-,23-22-. The number of aliphatic hydroxyl groups is 2. The van der Waals surface area contributed by atoms with Gasteiger partial charge in [-0.1, -0.05) is 158 Å². The van der Waals surface area contributed by atoms with Gasteiger partial charge in [0.15, 0.2) is 0 Å². The number of hydrogen-bond donors (Lipinski definition) is 3. The lowest BCUT2D eigenvalue weighted by Crippen LogP contribution is -2.29. The van der Waals surface area contributed by atoms with Crippen molar-refractivity contribution in [3.05, 3.63) is 60.8 Å². The molecule has 0 aromatic carbocycles. The minimum absolute atomic E-state index is 0.0380. The number of esters is 1. The van der Waals surface area contributed by atoms with Crippen LogP contribution in [-0.2, 0) is 27.9 Å². The van der Waals surface area contributed by atoms with Crippen molar-refractivity contribution >= 4 is 13.8 Å². The molecule has 308 valence electrons. The van der Waals surface area contributed by atoms with E-state index >= 15 is 0 Å². The van der Waals surface area contributed by atoms with Gasteiger partial charge in [0.25, 0.3) is 0 Å². The van der Waals surface area contributed by atoms with Crippen molar-refractivity contribution in [2.24, 2.45) is 0 Å². The van der Waals surface area contributed by atoms with E-state index in [-0.39, 0.29) is 19.6 Å². The second-order valence-corrected chi connectivity index (χ2v) is 15.1. The molecule has 0 rings (SSSR count). The zero-order chi connectivity index (χ0) is 38.9.